The number of fused-ring (bicyclic) bond motifs is 3. The van der Waals surface area contributed by atoms with Gasteiger partial charge in [0.05, 0.1) is 21.3 Å². The van der Waals surface area contributed by atoms with Crippen LogP contribution in [0.1, 0.15) is 33.4 Å². The quantitative estimate of drug-likeness (QED) is 0.294. The molecule has 0 aliphatic heterocycles. The van der Waals surface area contributed by atoms with E-state index in [9.17, 15) is 0 Å². The molecule has 0 aromatic heterocycles. The van der Waals surface area contributed by atoms with Crippen molar-refractivity contribution in [2.75, 3.05) is 41.2 Å². The Morgan fingerprint density at radius 3 is 0.897 bits per heavy atom. The van der Waals surface area contributed by atoms with E-state index >= 15 is 0 Å². The van der Waals surface area contributed by atoms with Gasteiger partial charge < -0.3 is 28.4 Å². The first-order valence-electron chi connectivity index (χ1n) is 12.3. The third kappa shape index (κ3) is 6.01. The van der Waals surface area contributed by atoms with Gasteiger partial charge in [0, 0.05) is 0 Å². The molecule has 0 saturated carbocycles. The second-order valence-electron chi connectivity index (χ2n) is 8.82. The zero-order valence-corrected chi connectivity index (χ0v) is 22.4. The molecule has 3 aromatic rings. The fourth-order valence-electron chi connectivity index (χ4n) is 4.71. The first-order chi connectivity index (χ1) is 19.0. The van der Waals surface area contributed by atoms with Crippen molar-refractivity contribution < 1.29 is 28.4 Å². The molecule has 1 aliphatic carbocycles. The predicted octanol–water partition coefficient (Wildman–Crippen LogP) is 4.83. The summed E-state index contributed by atoms with van der Waals surface area (Å²) in [5.74, 6) is 11.1. The summed E-state index contributed by atoms with van der Waals surface area (Å²) in [7, 11) is 4.84. The lowest BCUT2D eigenvalue weighted by Crippen LogP contribution is -2.04. The zero-order chi connectivity index (χ0) is 27.8. The molecule has 4 rings (SSSR count). The third-order valence-electron chi connectivity index (χ3n) is 6.53. The van der Waals surface area contributed by atoms with Crippen LogP contribution in [0.25, 0.3) is 0 Å². The second kappa shape index (κ2) is 12.6. The molecule has 3 aromatic carbocycles. The molecule has 198 valence electrons. The Morgan fingerprint density at radius 1 is 0.462 bits per heavy atom. The van der Waals surface area contributed by atoms with Crippen LogP contribution in [0.3, 0.4) is 0 Å². The van der Waals surface area contributed by atoms with Crippen molar-refractivity contribution in [3.05, 3.63) is 69.8 Å². The molecule has 0 saturated heterocycles. The number of hydrogen-bond donors (Lipinski definition) is 0. The topological polar surface area (TPSA) is 55.4 Å². The molecular weight excluding hydrogens is 492 g/mol. The van der Waals surface area contributed by atoms with E-state index in [1.807, 2.05) is 36.4 Å². The highest BCUT2D eigenvalue weighted by Crippen LogP contribution is 2.40. The Labute approximate surface area is 230 Å². The fraction of sp³-hybridized carbons (Fsp3) is 0.273. The van der Waals surface area contributed by atoms with Crippen molar-refractivity contribution in [1.29, 1.82) is 0 Å². The van der Waals surface area contributed by atoms with Crippen molar-refractivity contribution in [2.45, 2.75) is 19.3 Å². The predicted molar refractivity (Wildman–Crippen MR) is 150 cm³/mol. The number of ether oxygens (including phenoxy) is 6. The van der Waals surface area contributed by atoms with E-state index in [-0.39, 0.29) is 19.8 Å². The van der Waals surface area contributed by atoms with Gasteiger partial charge in [-0.15, -0.1) is 19.3 Å². The van der Waals surface area contributed by atoms with E-state index in [0.717, 1.165) is 33.4 Å². The molecule has 0 fully saturated rings. The third-order valence-corrected chi connectivity index (χ3v) is 6.53. The maximum Gasteiger partial charge on any atom is 0.162 e. The normalized spacial score (nSPS) is 11.4. The highest BCUT2D eigenvalue weighted by Gasteiger charge is 2.22. The van der Waals surface area contributed by atoms with Crippen LogP contribution in [0.2, 0.25) is 0 Å². The molecule has 0 heterocycles. The molecule has 0 unspecified atom stereocenters. The molecule has 0 atom stereocenters. The smallest absolute Gasteiger partial charge is 0.162 e. The van der Waals surface area contributed by atoms with Crippen LogP contribution in [-0.4, -0.2) is 41.2 Å². The van der Waals surface area contributed by atoms with E-state index < -0.39 is 0 Å². The lowest BCUT2D eigenvalue weighted by molar-refractivity contribution is 0.330. The van der Waals surface area contributed by atoms with Gasteiger partial charge in [-0.3, -0.25) is 0 Å². The standard InChI is InChI=1S/C33H30O6/c1-7-10-37-31-19-25-14-24-18-30(36-6)33(39-12-9-3)21-27(24)15-26-20-32(38-11-8-2)29(35-5)17-23(26)13-22(25)16-28(31)34-4/h1-3,16-21H,10-15H2,4-6H3. The van der Waals surface area contributed by atoms with E-state index in [0.29, 0.717) is 53.8 Å². The Balaban J connectivity index is 1.95. The average molecular weight is 523 g/mol. The molecule has 6 nitrogen and oxygen atoms in total. The maximum absolute atomic E-state index is 5.83. The van der Waals surface area contributed by atoms with E-state index in [2.05, 4.69) is 17.8 Å². The van der Waals surface area contributed by atoms with Crippen molar-refractivity contribution >= 4 is 0 Å². The first-order valence-corrected chi connectivity index (χ1v) is 12.3. The Bertz CT molecular complexity index is 1480. The van der Waals surface area contributed by atoms with Crippen LogP contribution in [-0.2, 0) is 19.3 Å². The monoisotopic (exact) mass is 522 g/mol. The van der Waals surface area contributed by atoms with Gasteiger partial charge in [-0.05, 0) is 89.0 Å². The lowest BCUT2D eigenvalue weighted by Gasteiger charge is -2.17. The largest absolute Gasteiger partial charge is 0.493 e. The van der Waals surface area contributed by atoms with Gasteiger partial charge in [-0.25, -0.2) is 0 Å². The van der Waals surface area contributed by atoms with Crippen molar-refractivity contribution in [1.82, 2.24) is 0 Å². The van der Waals surface area contributed by atoms with Gasteiger partial charge in [0.2, 0.25) is 0 Å². The number of methoxy groups -OCH3 is 3. The van der Waals surface area contributed by atoms with Gasteiger partial charge >= 0.3 is 0 Å². The van der Waals surface area contributed by atoms with Gasteiger partial charge in [0.1, 0.15) is 19.8 Å². The highest BCUT2D eigenvalue weighted by molar-refractivity contribution is 5.58. The van der Waals surface area contributed by atoms with Crippen LogP contribution >= 0.6 is 0 Å². The molecule has 0 bridgehead atoms. The summed E-state index contributed by atoms with van der Waals surface area (Å²) >= 11 is 0. The van der Waals surface area contributed by atoms with Crippen LogP contribution in [0.4, 0.5) is 0 Å². The second-order valence-corrected chi connectivity index (χ2v) is 8.82. The number of terminal acetylenes is 3. The summed E-state index contributed by atoms with van der Waals surface area (Å²) in [6.07, 6.45) is 18.2. The Hall–Kier alpha value is -4.86. The molecular formula is C33H30O6. The summed E-state index contributed by atoms with van der Waals surface area (Å²) < 4.78 is 34.5. The molecule has 0 radical (unpaired) electrons. The summed E-state index contributed by atoms with van der Waals surface area (Å²) in [6.45, 7) is 0.398. The van der Waals surface area contributed by atoms with Crippen LogP contribution < -0.4 is 28.4 Å². The minimum absolute atomic E-state index is 0.130. The molecule has 39 heavy (non-hydrogen) atoms. The SMILES string of the molecule is C#CCOc1cc2c(cc1OC)Cc1cc(OC)c(OCC#C)cc1Cc1cc(OCC#C)c(OC)cc1C2. The van der Waals surface area contributed by atoms with Crippen LogP contribution in [0.5, 0.6) is 34.5 Å². The van der Waals surface area contributed by atoms with E-state index in [1.165, 1.54) is 0 Å². The molecule has 0 spiro atoms. The highest BCUT2D eigenvalue weighted by atomic mass is 16.5. The zero-order valence-electron chi connectivity index (χ0n) is 22.4. The van der Waals surface area contributed by atoms with Gasteiger partial charge in [-0.1, -0.05) is 17.8 Å². The van der Waals surface area contributed by atoms with Gasteiger partial charge in [0.15, 0.2) is 34.5 Å². The Morgan fingerprint density at radius 2 is 0.692 bits per heavy atom. The van der Waals surface area contributed by atoms with Crippen molar-refractivity contribution in [3.8, 4) is 71.5 Å². The first kappa shape index (κ1) is 27.2. The minimum Gasteiger partial charge on any atom is -0.493 e. The fourth-order valence-corrected chi connectivity index (χ4v) is 4.71. The summed E-state index contributed by atoms with van der Waals surface area (Å²) in [6, 6.07) is 12.0. The average Bonchev–Trinajstić information content (AvgIpc) is 3.01. The molecule has 0 N–H and O–H groups in total. The van der Waals surface area contributed by atoms with Gasteiger partial charge in [0.25, 0.3) is 0 Å². The molecule has 1 aliphatic rings. The molecule has 0 amide bonds. The van der Waals surface area contributed by atoms with Gasteiger partial charge in [-0.2, -0.15) is 0 Å². The van der Waals surface area contributed by atoms with E-state index in [4.69, 9.17) is 47.7 Å². The summed E-state index contributed by atoms with van der Waals surface area (Å²) in [4.78, 5) is 0. The number of benzene rings is 3. The number of hydrogen-bond acceptors (Lipinski definition) is 6. The summed E-state index contributed by atoms with van der Waals surface area (Å²) in [5, 5.41) is 0. The van der Waals surface area contributed by atoms with Crippen molar-refractivity contribution in [3.63, 3.8) is 0 Å². The van der Waals surface area contributed by atoms with Crippen LogP contribution in [0, 0.1) is 37.0 Å². The lowest BCUT2D eigenvalue weighted by atomic mass is 9.94. The van der Waals surface area contributed by atoms with Crippen molar-refractivity contribution in [2.24, 2.45) is 0 Å². The summed E-state index contributed by atoms with van der Waals surface area (Å²) in [5.41, 5.74) is 6.44. The van der Waals surface area contributed by atoms with Crippen LogP contribution in [0.15, 0.2) is 36.4 Å². The molecule has 6 heteroatoms. The number of rotatable bonds is 9. The Kier molecular flexibility index (Phi) is 8.78. The van der Waals surface area contributed by atoms with E-state index in [1.54, 1.807) is 21.3 Å². The maximum atomic E-state index is 5.83. The minimum atomic E-state index is 0.130.